The second-order valence-corrected chi connectivity index (χ2v) is 5.38. The third kappa shape index (κ3) is 2.66. The zero-order valence-corrected chi connectivity index (χ0v) is 11.3. The van der Waals surface area contributed by atoms with Gasteiger partial charge in [0.25, 0.3) is 0 Å². The van der Waals surface area contributed by atoms with Gasteiger partial charge in [0, 0.05) is 20.1 Å². The van der Waals surface area contributed by atoms with E-state index in [4.69, 9.17) is 0 Å². The lowest BCUT2D eigenvalue weighted by Crippen LogP contribution is -2.50. The molecule has 0 aromatic rings. The van der Waals surface area contributed by atoms with Crippen molar-refractivity contribution in [1.29, 1.82) is 0 Å². The Morgan fingerprint density at radius 3 is 2.50 bits per heavy atom. The Hall–Kier alpha value is -1.10. The number of hydrogen-bond donors (Lipinski definition) is 1. The number of hydrogen-bond acceptors (Lipinski definition) is 3. The van der Waals surface area contributed by atoms with Gasteiger partial charge in [0.05, 0.1) is 12.0 Å². The molecule has 0 aromatic carbocycles. The first kappa shape index (κ1) is 13.3. The molecular formula is C13H23N3O2. The number of amides is 2. The molecule has 2 amide bonds. The monoisotopic (exact) mass is 253 g/mol. The minimum atomic E-state index is -0.0283. The van der Waals surface area contributed by atoms with Gasteiger partial charge in [-0.05, 0) is 39.3 Å². The molecule has 5 heteroatoms. The molecule has 2 aliphatic rings. The van der Waals surface area contributed by atoms with Gasteiger partial charge in [-0.25, -0.2) is 0 Å². The van der Waals surface area contributed by atoms with E-state index in [0.29, 0.717) is 6.54 Å². The summed E-state index contributed by atoms with van der Waals surface area (Å²) in [6.07, 6.45) is 3.88. The van der Waals surface area contributed by atoms with E-state index in [0.717, 1.165) is 38.8 Å². The summed E-state index contributed by atoms with van der Waals surface area (Å²) in [7, 11) is 3.67. The van der Waals surface area contributed by atoms with Crippen LogP contribution < -0.4 is 5.32 Å². The molecule has 2 fully saturated rings. The van der Waals surface area contributed by atoms with Crippen LogP contribution in [0.25, 0.3) is 0 Å². The molecule has 0 aliphatic carbocycles. The molecule has 18 heavy (non-hydrogen) atoms. The summed E-state index contributed by atoms with van der Waals surface area (Å²) in [6, 6.07) is 0.0356. The normalized spacial score (nSPS) is 29.3. The van der Waals surface area contributed by atoms with Gasteiger partial charge in [0.15, 0.2) is 0 Å². The van der Waals surface area contributed by atoms with Crippen molar-refractivity contribution in [1.82, 2.24) is 15.1 Å². The molecule has 2 heterocycles. The van der Waals surface area contributed by atoms with Crippen LogP contribution in [0.15, 0.2) is 0 Å². The van der Waals surface area contributed by atoms with Crippen molar-refractivity contribution < 1.29 is 9.59 Å². The second-order valence-electron chi connectivity index (χ2n) is 5.38. The zero-order chi connectivity index (χ0) is 13.1. The van der Waals surface area contributed by atoms with Gasteiger partial charge in [0.1, 0.15) is 0 Å². The molecule has 1 N–H and O–H groups in total. The summed E-state index contributed by atoms with van der Waals surface area (Å²) in [4.78, 5) is 28.1. The van der Waals surface area contributed by atoms with Crippen LogP contribution in [0, 0.1) is 5.92 Å². The summed E-state index contributed by atoms with van der Waals surface area (Å²) in [5.41, 5.74) is 0. The summed E-state index contributed by atoms with van der Waals surface area (Å²) in [6.45, 7) is 2.39. The van der Waals surface area contributed by atoms with Crippen molar-refractivity contribution in [3.8, 4) is 0 Å². The van der Waals surface area contributed by atoms with E-state index in [-0.39, 0.29) is 23.8 Å². The SMILES string of the molecule is CNC(=O)C1CCCN(C(=O)C2CCCN2C)C1. The van der Waals surface area contributed by atoms with E-state index >= 15 is 0 Å². The molecule has 2 saturated heterocycles. The van der Waals surface area contributed by atoms with Crippen LogP contribution >= 0.6 is 0 Å². The molecule has 2 rings (SSSR count). The highest BCUT2D eigenvalue weighted by atomic mass is 16.2. The average Bonchev–Trinajstić information content (AvgIpc) is 2.83. The smallest absolute Gasteiger partial charge is 0.239 e. The lowest BCUT2D eigenvalue weighted by molar-refractivity contribution is -0.139. The Labute approximate surface area is 108 Å². The van der Waals surface area contributed by atoms with E-state index in [1.54, 1.807) is 7.05 Å². The summed E-state index contributed by atoms with van der Waals surface area (Å²) < 4.78 is 0. The van der Waals surface area contributed by atoms with Crippen molar-refractivity contribution in [2.75, 3.05) is 33.7 Å². The van der Waals surface area contributed by atoms with Crippen LogP contribution in [-0.2, 0) is 9.59 Å². The van der Waals surface area contributed by atoms with E-state index in [2.05, 4.69) is 10.2 Å². The summed E-state index contributed by atoms with van der Waals surface area (Å²) in [5, 5.41) is 2.69. The number of nitrogens with zero attached hydrogens (tertiary/aromatic N) is 2. The minimum absolute atomic E-state index is 0.0283. The molecule has 0 aromatic heterocycles. The first-order valence-electron chi connectivity index (χ1n) is 6.84. The van der Waals surface area contributed by atoms with E-state index in [1.807, 2.05) is 11.9 Å². The highest BCUT2D eigenvalue weighted by Crippen LogP contribution is 2.22. The first-order chi connectivity index (χ1) is 8.63. The van der Waals surface area contributed by atoms with E-state index in [9.17, 15) is 9.59 Å². The minimum Gasteiger partial charge on any atom is -0.359 e. The maximum absolute atomic E-state index is 12.4. The third-order valence-electron chi connectivity index (χ3n) is 4.16. The molecular weight excluding hydrogens is 230 g/mol. The first-order valence-corrected chi connectivity index (χ1v) is 6.84. The van der Waals surface area contributed by atoms with Crippen molar-refractivity contribution in [2.45, 2.75) is 31.7 Å². The van der Waals surface area contributed by atoms with Crippen LogP contribution in [0.3, 0.4) is 0 Å². The van der Waals surface area contributed by atoms with Gasteiger partial charge < -0.3 is 10.2 Å². The standard InChI is InChI=1S/C13H23N3O2/c1-14-12(17)10-5-3-8-16(9-10)13(18)11-6-4-7-15(11)2/h10-11H,3-9H2,1-2H3,(H,14,17). The molecule has 0 spiro atoms. The van der Waals surface area contributed by atoms with E-state index in [1.165, 1.54) is 0 Å². The summed E-state index contributed by atoms with van der Waals surface area (Å²) >= 11 is 0. The van der Waals surface area contributed by atoms with Crippen LogP contribution in [0.2, 0.25) is 0 Å². The van der Waals surface area contributed by atoms with Crippen molar-refractivity contribution in [3.05, 3.63) is 0 Å². The molecule has 0 bridgehead atoms. The number of piperidine rings is 1. The largest absolute Gasteiger partial charge is 0.359 e. The Morgan fingerprint density at radius 2 is 1.89 bits per heavy atom. The van der Waals surface area contributed by atoms with Gasteiger partial charge in [-0.3, -0.25) is 14.5 Å². The van der Waals surface area contributed by atoms with Crippen molar-refractivity contribution in [3.63, 3.8) is 0 Å². The van der Waals surface area contributed by atoms with Gasteiger partial charge in [-0.1, -0.05) is 0 Å². The molecule has 5 nitrogen and oxygen atoms in total. The van der Waals surface area contributed by atoms with Crippen LogP contribution in [0.5, 0.6) is 0 Å². The molecule has 2 unspecified atom stereocenters. The molecule has 2 atom stereocenters. The quantitative estimate of drug-likeness (QED) is 0.757. The highest BCUT2D eigenvalue weighted by Gasteiger charge is 2.34. The molecule has 0 saturated carbocycles. The van der Waals surface area contributed by atoms with Crippen molar-refractivity contribution in [2.24, 2.45) is 5.92 Å². The number of carbonyl (C=O) groups excluding carboxylic acids is 2. The number of likely N-dealkylation sites (N-methyl/N-ethyl adjacent to an activating group) is 1. The number of likely N-dealkylation sites (tertiary alicyclic amines) is 2. The fourth-order valence-electron chi connectivity index (χ4n) is 3.03. The molecule has 102 valence electrons. The Bertz CT molecular complexity index is 332. The van der Waals surface area contributed by atoms with Crippen LogP contribution in [0.4, 0.5) is 0 Å². The molecule has 2 aliphatic heterocycles. The zero-order valence-electron chi connectivity index (χ0n) is 11.3. The Kier molecular flexibility index (Phi) is 4.22. The van der Waals surface area contributed by atoms with Gasteiger partial charge in [-0.15, -0.1) is 0 Å². The Balaban J connectivity index is 1.96. The maximum Gasteiger partial charge on any atom is 0.239 e. The number of nitrogens with one attached hydrogen (secondary N) is 1. The number of rotatable bonds is 2. The predicted molar refractivity (Wildman–Crippen MR) is 69.0 cm³/mol. The lowest BCUT2D eigenvalue weighted by atomic mass is 9.96. The maximum atomic E-state index is 12.4. The average molecular weight is 253 g/mol. The van der Waals surface area contributed by atoms with E-state index < -0.39 is 0 Å². The summed E-state index contributed by atoms with van der Waals surface area (Å²) in [5.74, 6) is 0.246. The van der Waals surface area contributed by atoms with Crippen molar-refractivity contribution >= 4 is 11.8 Å². The second kappa shape index (κ2) is 5.69. The Morgan fingerprint density at radius 1 is 1.17 bits per heavy atom. The number of carbonyl (C=O) groups is 2. The third-order valence-corrected chi connectivity index (χ3v) is 4.16. The van der Waals surface area contributed by atoms with Crippen LogP contribution in [0.1, 0.15) is 25.7 Å². The topological polar surface area (TPSA) is 52.7 Å². The fraction of sp³-hybridized carbons (Fsp3) is 0.846. The fourth-order valence-corrected chi connectivity index (χ4v) is 3.03. The lowest BCUT2D eigenvalue weighted by Gasteiger charge is -2.34. The van der Waals surface area contributed by atoms with Gasteiger partial charge in [0.2, 0.25) is 11.8 Å². The predicted octanol–water partition coefficient (Wildman–Crippen LogP) is 0.0652. The van der Waals surface area contributed by atoms with Gasteiger partial charge >= 0.3 is 0 Å². The van der Waals surface area contributed by atoms with Gasteiger partial charge in [-0.2, -0.15) is 0 Å². The van der Waals surface area contributed by atoms with Crippen LogP contribution in [-0.4, -0.2) is 61.4 Å². The molecule has 0 radical (unpaired) electrons. The highest BCUT2D eigenvalue weighted by molar-refractivity contribution is 5.84.